The topological polar surface area (TPSA) is 41.1 Å². The van der Waals surface area contributed by atoms with Gasteiger partial charge >= 0.3 is 0 Å². The van der Waals surface area contributed by atoms with Crippen LogP contribution in [0.5, 0.6) is 0 Å². The number of nitrogens with one attached hydrogen (secondary N) is 1. The van der Waals surface area contributed by atoms with Crippen LogP contribution in [-0.2, 0) is 0 Å². The molecule has 0 spiro atoms. The molecule has 1 atom stereocenters. The summed E-state index contributed by atoms with van der Waals surface area (Å²) >= 11 is 0. The van der Waals surface area contributed by atoms with E-state index in [1.165, 1.54) is 18.4 Å². The van der Waals surface area contributed by atoms with E-state index >= 15 is 0 Å². The number of aromatic nitrogens is 2. The van der Waals surface area contributed by atoms with Crippen molar-refractivity contribution in [2.75, 3.05) is 25.0 Å². The Morgan fingerprint density at radius 1 is 1.35 bits per heavy atom. The van der Waals surface area contributed by atoms with Gasteiger partial charge in [-0.2, -0.15) is 0 Å². The molecule has 1 fully saturated rings. The molecule has 1 aliphatic heterocycles. The zero-order chi connectivity index (χ0) is 12.3. The third-order valence-electron chi connectivity index (χ3n) is 3.46. The molecule has 1 unspecified atom stereocenters. The maximum absolute atomic E-state index is 4.46. The van der Waals surface area contributed by atoms with E-state index < -0.39 is 0 Å². The maximum atomic E-state index is 4.46. The molecule has 0 saturated carbocycles. The first-order valence-electron chi connectivity index (χ1n) is 6.44. The highest BCUT2D eigenvalue weighted by molar-refractivity contribution is 5.31. The lowest BCUT2D eigenvalue weighted by Crippen LogP contribution is -2.44. The molecule has 4 nitrogen and oxygen atoms in total. The Kier molecular flexibility index (Phi) is 3.94. The fraction of sp³-hybridized carbons (Fsp3) is 0.692. The standard InChI is InChI=1S/C13H22N4/c1-10(2)11-7-15-13(16-8-11)17(3)12-5-4-6-14-9-12/h7-8,10,12,14H,4-6,9H2,1-3H3. The molecule has 0 radical (unpaired) electrons. The lowest BCUT2D eigenvalue weighted by Gasteiger charge is -2.31. The first-order valence-corrected chi connectivity index (χ1v) is 6.44. The molecule has 1 aromatic heterocycles. The fourth-order valence-electron chi connectivity index (χ4n) is 2.14. The number of piperidine rings is 1. The van der Waals surface area contributed by atoms with Gasteiger partial charge in [-0.05, 0) is 30.9 Å². The van der Waals surface area contributed by atoms with E-state index in [1.807, 2.05) is 12.4 Å². The van der Waals surface area contributed by atoms with Crippen molar-refractivity contribution in [2.45, 2.75) is 38.6 Å². The third-order valence-corrected chi connectivity index (χ3v) is 3.46. The van der Waals surface area contributed by atoms with Gasteiger partial charge in [0.15, 0.2) is 0 Å². The summed E-state index contributed by atoms with van der Waals surface area (Å²) in [5, 5.41) is 3.42. The van der Waals surface area contributed by atoms with Gasteiger partial charge in [0.2, 0.25) is 5.95 Å². The van der Waals surface area contributed by atoms with Crippen LogP contribution in [0.2, 0.25) is 0 Å². The molecule has 4 heteroatoms. The van der Waals surface area contributed by atoms with Crippen molar-refractivity contribution in [1.29, 1.82) is 0 Å². The summed E-state index contributed by atoms with van der Waals surface area (Å²) in [6.45, 7) is 6.49. The van der Waals surface area contributed by atoms with Crippen molar-refractivity contribution in [3.63, 3.8) is 0 Å². The highest BCUT2D eigenvalue weighted by Gasteiger charge is 2.19. The molecular formula is C13H22N4. The Morgan fingerprint density at radius 3 is 2.59 bits per heavy atom. The van der Waals surface area contributed by atoms with Crippen molar-refractivity contribution in [3.05, 3.63) is 18.0 Å². The number of hydrogen-bond acceptors (Lipinski definition) is 4. The predicted molar refractivity (Wildman–Crippen MR) is 70.4 cm³/mol. The molecular weight excluding hydrogens is 212 g/mol. The number of nitrogens with zero attached hydrogens (tertiary/aromatic N) is 3. The van der Waals surface area contributed by atoms with Crippen LogP contribution in [0.1, 0.15) is 38.2 Å². The van der Waals surface area contributed by atoms with Gasteiger partial charge in [-0.25, -0.2) is 9.97 Å². The van der Waals surface area contributed by atoms with Crippen LogP contribution in [0.3, 0.4) is 0 Å². The van der Waals surface area contributed by atoms with Gasteiger partial charge in [0.25, 0.3) is 0 Å². The van der Waals surface area contributed by atoms with Crippen molar-refractivity contribution in [2.24, 2.45) is 0 Å². The van der Waals surface area contributed by atoms with E-state index in [-0.39, 0.29) is 0 Å². The molecule has 0 bridgehead atoms. The summed E-state index contributed by atoms with van der Waals surface area (Å²) in [7, 11) is 2.09. The van der Waals surface area contributed by atoms with Gasteiger partial charge in [-0.3, -0.25) is 0 Å². The molecule has 94 valence electrons. The smallest absolute Gasteiger partial charge is 0.225 e. The number of rotatable bonds is 3. The molecule has 2 heterocycles. The normalized spacial score (nSPS) is 20.6. The zero-order valence-corrected chi connectivity index (χ0v) is 11.0. The van der Waals surface area contributed by atoms with Gasteiger partial charge < -0.3 is 10.2 Å². The van der Waals surface area contributed by atoms with E-state index in [0.717, 1.165) is 19.0 Å². The Balaban J connectivity index is 2.05. The minimum Gasteiger partial charge on any atom is -0.340 e. The average molecular weight is 234 g/mol. The monoisotopic (exact) mass is 234 g/mol. The second-order valence-electron chi connectivity index (χ2n) is 5.08. The third kappa shape index (κ3) is 2.94. The molecule has 0 amide bonds. The van der Waals surface area contributed by atoms with Crippen LogP contribution in [0, 0.1) is 0 Å². The summed E-state index contributed by atoms with van der Waals surface area (Å²) in [6.07, 6.45) is 6.34. The zero-order valence-electron chi connectivity index (χ0n) is 11.0. The summed E-state index contributed by atoms with van der Waals surface area (Å²) in [6, 6.07) is 0.522. The van der Waals surface area contributed by atoms with Gasteiger partial charge in [-0.15, -0.1) is 0 Å². The van der Waals surface area contributed by atoms with E-state index in [4.69, 9.17) is 0 Å². The van der Waals surface area contributed by atoms with Crippen molar-refractivity contribution in [3.8, 4) is 0 Å². The predicted octanol–water partition coefficient (Wildman–Crippen LogP) is 1.79. The molecule has 0 aromatic carbocycles. The molecule has 0 aliphatic carbocycles. The van der Waals surface area contributed by atoms with Crippen LogP contribution in [-0.4, -0.2) is 36.1 Å². The highest BCUT2D eigenvalue weighted by Crippen LogP contribution is 2.17. The van der Waals surface area contributed by atoms with E-state index in [1.54, 1.807) is 0 Å². The summed E-state index contributed by atoms with van der Waals surface area (Å²) in [5.74, 6) is 1.33. The molecule has 1 N–H and O–H groups in total. The minimum atomic E-state index is 0.491. The van der Waals surface area contributed by atoms with E-state index in [2.05, 4.69) is 41.1 Å². The second kappa shape index (κ2) is 5.45. The SMILES string of the molecule is CC(C)c1cnc(N(C)C2CCCNC2)nc1. The summed E-state index contributed by atoms with van der Waals surface area (Å²) < 4.78 is 0. The molecule has 1 aliphatic rings. The van der Waals surface area contributed by atoms with Crippen molar-refractivity contribution >= 4 is 5.95 Å². The Hall–Kier alpha value is -1.16. The van der Waals surface area contributed by atoms with Gasteiger partial charge in [0.1, 0.15) is 0 Å². The Bertz CT molecular complexity index is 341. The van der Waals surface area contributed by atoms with Crippen molar-refractivity contribution in [1.82, 2.24) is 15.3 Å². The number of hydrogen-bond donors (Lipinski definition) is 1. The van der Waals surface area contributed by atoms with E-state index in [0.29, 0.717) is 12.0 Å². The van der Waals surface area contributed by atoms with Crippen LogP contribution in [0.4, 0.5) is 5.95 Å². The first-order chi connectivity index (χ1) is 8.18. The average Bonchev–Trinajstić information content (AvgIpc) is 2.39. The first kappa shape index (κ1) is 12.3. The Morgan fingerprint density at radius 2 is 2.06 bits per heavy atom. The van der Waals surface area contributed by atoms with Crippen LogP contribution in [0.25, 0.3) is 0 Å². The lowest BCUT2D eigenvalue weighted by molar-refractivity contribution is 0.441. The van der Waals surface area contributed by atoms with E-state index in [9.17, 15) is 0 Å². The summed E-state index contributed by atoms with van der Waals surface area (Å²) in [5.41, 5.74) is 1.20. The number of anilines is 1. The molecule has 2 rings (SSSR count). The largest absolute Gasteiger partial charge is 0.340 e. The Labute approximate surface area is 103 Å². The minimum absolute atomic E-state index is 0.491. The molecule has 17 heavy (non-hydrogen) atoms. The van der Waals surface area contributed by atoms with Crippen LogP contribution < -0.4 is 10.2 Å². The van der Waals surface area contributed by atoms with Crippen LogP contribution >= 0.6 is 0 Å². The number of likely N-dealkylation sites (N-methyl/N-ethyl adjacent to an activating group) is 1. The molecule has 1 saturated heterocycles. The van der Waals surface area contributed by atoms with Crippen LogP contribution in [0.15, 0.2) is 12.4 Å². The second-order valence-corrected chi connectivity index (χ2v) is 5.08. The van der Waals surface area contributed by atoms with Gasteiger partial charge in [-0.1, -0.05) is 13.8 Å². The maximum Gasteiger partial charge on any atom is 0.225 e. The van der Waals surface area contributed by atoms with Gasteiger partial charge in [0.05, 0.1) is 0 Å². The summed E-state index contributed by atoms with van der Waals surface area (Å²) in [4.78, 5) is 11.1. The fourth-order valence-corrected chi connectivity index (χ4v) is 2.14. The quantitative estimate of drug-likeness (QED) is 0.865. The molecule has 1 aromatic rings. The van der Waals surface area contributed by atoms with Crippen molar-refractivity contribution < 1.29 is 0 Å². The van der Waals surface area contributed by atoms with Gasteiger partial charge in [0, 0.05) is 32.0 Å². The highest BCUT2D eigenvalue weighted by atomic mass is 15.3. The lowest BCUT2D eigenvalue weighted by atomic mass is 10.1.